The zero-order chi connectivity index (χ0) is 21.9. The smallest absolute Gasteiger partial charge is 0.412 e. The van der Waals surface area contributed by atoms with Crippen LogP contribution in [0.3, 0.4) is 0 Å². The molecule has 8 nitrogen and oxygen atoms in total. The van der Waals surface area contributed by atoms with Gasteiger partial charge in [-0.1, -0.05) is 19.1 Å². The fourth-order valence-electron chi connectivity index (χ4n) is 2.21. The lowest BCUT2D eigenvalue weighted by molar-refractivity contribution is -0.127. The molecule has 1 aromatic carbocycles. The van der Waals surface area contributed by atoms with Crippen molar-refractivity contribution in [2.45, 2.75) is 46.1 Å². The van der Waals surface area contributed by atoms with E-state index in [2.05, 4.69) is 27.9 Å². The SMILES string of the molecule is CCCNC(=NCC(=O)N(C)C)NCCc1ccc(NC(=O)OC(C)(C)C)cc1. The van der Waals surface area contributed by atoms with Gasteiger partial charge in [0.1, 0.15) is 12.1 Å². The highest BCUT2D eigenvalue weighted by molar-refractivity contribution is 5.85. The van der Waals surface area contributed by atoms with Crippen molar-refractivity contribution in [2.75, 3.05) is 39.0 Å². The Labute approximate surface area is 174 Å². The number of carbonyl (C=O) groups is 2. The summed E-state index contributed by atoms with van der Waals surface area (Å²) in [4.78, 5) is 29.4. The molecule has 0 atom stereocenters. The zero-order valence-electron chi connectivity index (χ0n) is 18.5. The minimum absolute atomic E-state index is 0.0457. The Hall–Kier alpha value is -2.77. The first-order valence-corrected chi connectivity index (χ1v) is 9.92. The highest BCUT2D eigenvalue weighted by Crippen LogP contribution is 2.13. The number of aliphatic imine (C=N–C) groups is 1. The molecule has 3 N–H and O–H groups in total. The molecule has 162 valence electrons. The van der Waals surface area contributed by atoms with Gasteiger partial charge in [0.25, 0.3) is 0 Å². The lowest BCUT2D eigenvalue weighted by Gasteiger charge is -2.19. The van der Waals surface area contributed by atoms with E-state index in [-0.39, 0.29) is 12.5 Å². The third-order valence-electron chi connectivity index (χ3n) is 3.72. The molecule has 0 aliphatic heterocycles. The number of guanidine groups is 1. The second-order valence-corrected chi connectivity index (χ2v) is 7.88. The molecule has 0 unspecified atom stereocenters. The van der Waals surface area contributed by atoms with E-state index in [4.69, 9.17) is 4.74 Å². The predicted octanol–water partition coefficient (Wildman–Crippen LogP) is 2.61. The maximum atomic E-state index is 11.8. The largest absolute Gasteiger partial charge is 0.444 e. The number of hydrogen-bond acceptors (Lipinski definition) is 4. The van der Waals surface area contributed by atoms with Crippen molar-refractivity contribution in [2.24, 2.45) is 4.99 Å². The van der Waals surface area contributed by atoms with Crippen molar-refractivity contribution in [3.05, 3.63) is 29.8 Å². The first-order valence-electron chi connectivity index (χ1n) is 9.92. The Bertz CT molecular complexity index is 679. The lowest BCUT2D eigenvalue weighted by atomic mass is 10.1. The summed E-state index contributed by atoms with van der Waals surface area (Å²) in [6.07, 6.45) is 1.28. The molecule has 0 aromatic heterocycles. The Balaban J connectivity index is 2.52. The summed E-state index contributed by atoms with van der Waals surface area (Å²) in [6, 6.07) is 7.61. The van der Waals surface area contributed by atoms with E-state index >= 15 is 0 Å². The molecule has 29 heavy (non-hydrogen) atoms. The fraction of sp³-hybridized carbons (Fsp3) is 0.571. The van der Waals surface area contributed by atoms with Gasteiger partial charge in [-0.2, -0.15) is 0 Å². The maximum Gasteiger partial charge on any atom is 0.412 e. The molecule has 0 radical (unpaired) electrons. The summed E-state index contributed by atoms with van der Waals surface area (Å²) < 4.78 is 5.24. The summed E-state index contributed by atoms with van der Waals surface area (Å²) in [5, 5.41) is 9.17. The van der Waals surface area contributed by atoms with Crippen LogP contribution in [0.1, 0.15) is 39.7 Å². The number of anilines is 1. The fourth-order valence-corrected chi connectivity index (χ4v) is 2.21. The van der Waals surface area contributed by atoms with E-state index in [1.165, 1.54) is 4.90 Å². The molecule has 1 rings (SSSR count). The first-order chi connectivity index (χ1) is 13.6. The highest BCUT2D eigenvalue weighted by Gasteiger charge is 2.16. The van der Waals surface area contributed by atoms with E-state index in [0.29, 0.717) is 18.2 Å². The van der Waals surface area contributed by atoms with E-state index in [1.807, 2.05) is 45.0 Å². The first kappa shape index (κ1) is 24.3. The monoisotopic (exact) mass is 405 g/mol. The molecular formula is C21H35N5O3. The van der Waals surface area contributed by atoms with Crippen molar-refractivity contribution < 1.29 is 14.3 Å². The Morgan fingerprint density at radius 3 is 2.24 bits per heavy atom. The topological polar surface area (TPSA) is 95.1 Å². The van der Waals surface area contributed by atoms with Gasteiger partial charge >= 0.3 is 6.09 Å². The van der Waals surface area contributed by atoms with Crippen LogP contribution in [0.2, 0.25) is 0 Å². The molecule has 8 heteroatoms. The third-order valence-corrected chi connectivity index (χ3v) is 3.72. The highest BCUT2D eigenvalue weighted by atomic mass is 16.6. The molecule has 2 amide bonds. The van der Waals surface area contributed by atoms with Crippen LogP contribution >= 0.6 is 0 Å². The predicted molar refractivity (Wildman–Crippen MR) is 117 cm³/mol. The molecule has 0 aliphatic rings. The minimum Gasteiger partial charge on any atom is -0.444 e. The Morgan fingerprint density at radius 2 is 1.69 bits per heavy atom. The molecule has 0 heterocycles. The number of carbonyl (C=O) groups excluding carboxylic acids is 2. The van der Waals surface area contributed by atoms with Gasteiger partial charge in [0.05, 0.1) is 0 Å². The summed E-state index contributed by atoms with van der Waals surface area (Å²) >= 11 is 0. The standard InChI is InChI=1S/C21H35N5O3/c1-7-13-22-19(24-15-18(27)26(5)6)23-14-12-16-8-10-17(11-9-16)25-20(28)29-21(2,3)4/h8-11H,7,12-15H2,1-6H3,(H,25,28)(H2,22,23,24). The summed E-state index contributed by atoms with van der Waals surface area (Å²) in [6.45, 7) is 9.11. The number of benzene rings is 1. The van der Waals surface area contributed by atoms with Crippen LogP contribution in [0, 0.1) is 0 Å². The van der Waals surface area contributed by atoms with Crippen LogP contribution in [0.4, 0.5) is 10.5 Å². The number of likely N-dealkylation sites (N-methyl/N-ethyl adjacent to an activating group) is 1. The number of nitrogens with one attached hydrogen (secondary N) is 3. The summed E-state index contributed by atoms with van der Waals surface area (Å²) in [5.74, 6) is 0.584. The van der Waals surface area contributed by atoms with Crippen molar-refractivity contribution in [1.29, 1.82) is 0 Å². The quantitative estimate of drug-likeness (QED) is 0.456. The number of nitrogens with zero attached hydrogens (tertiary/aromatic N) is 2. The van der Waals surface area contributed by atoms with Crippen LogP contribution in [-0.2, 0) is 16.0 Å². The van der Waals surface area contributed by atoms with Gasteiger partial charge in [-0.15, -0.1) is 0 Å². The average molecular weight is 406 g/mol. The van der Waals surface area contributed by atoms with Gasteiger partial charge in [0.15, 0.2) is 5.96 Å². The van der Waals surface area contributed by atoms with Gasteiger partial charge < -0.3 is 20.3 Å². The van der Waals surface area contributed by atoms with Crippen LogP contribution in [0.25, 0.3) is 0 Å². The molecule has 0 bridgehead atoms. The summed E-state index contributed by atoms with van der Waals surface area (Å²) in [5.41, 5.74) is 1.27. The average Bonchev–Trinajstić information content (AvgIpc) is 2.62. The second kappa shape index (κ2) is 11.9. The molecule has 1 aromatic rings. The second-order valence-electron chi connectivity index (χ2n) is 7.88. The maximum absolute atomic E-state index is 11.8. The number of rotatable bonds is 8. The molecule has 0 spiro atoms. The van der Waals surface area contributed by atoms with Crippen LogP contribution in [-0.4, -0.2) is 62.2 Å². The van der Waals surface area contributed by atoms with Crippen LogP contribution in [0.15, 0.2) is 29.3 Å². The van der Waals surface area contributed by atoms with Gasteiger partial charge in [0, 0.05) is 32.9 Å². The van der Waals surface area contributed by atoms with Gasteiger partial charge in [-0.05, 0) is 51.3 Å². The molecule has 0 fully saturated rings. The van der Waals surface area contributed by atoms with Crippen LogP contribution in [0.5, 0.6) is 0 Å². The molecule has 0 saturated carbocycles. The van der Waals surface area contributed by atoms with Crippen molar-refractivity contribution >= 4 is 23.6 Å². The number of ether oxygens (including phenoxy) is 1. The Morgan fingerprint density at radius 1 is 1.07 bits per heavy atom. The van der Waals surface area contributed by atoms with Crippen LogP contribution < -0.4 is 16.0 Å². The third kappa shape index (κ3) is 11.0. The number of hydrogen-bond donors (Lipinski definition) is 3. The van der Waals surface area contributed by atoms with Crippen molar-refractivity contribution in [1.82, 2.24) is 15.5 Å². The number of amides is 2. The molecule has 0 saturated heterocycles. The Kier molecular flexibility index (Phi) is 9.99. The van der Waals surface area contributed by atoms with Crippen molar-refractivity contribution in [3.8, 4) is 0 Å². The van der Waals surface area contributed by atoms with E-state index in [0.717, 1.165) is 24.9 Å². The van der Waals surface area contributed by atoms with E-state index in [9.17, 15) is 9.59 Å². The van der Waals surface area contributed by atoms with E-state index < -0.39 is 11.7 Å². The van der Waals surface area contributed by atoms with Gasteiger partial charge in [-0.25, -0.2) is 9.79 Å². The van der Waals surface area contributed by atoms with E-state index in [1.54, 1.807) is 14.1 Å². The lowest BCUT2D eigenvalue weighted by Crippen LogP contribution is -2.39. The molecular weight excluding hydrogens is 370 g/mol. The van der Waals surface area contributed by atoms with Crippen molar-refractivity contribution in [3.63, 3.8) is 0 Å². The van der Waals surface area contributed by atoms with Gasteiger partial charge in [0.2, 0.25) is 5.91 Å². The zero-order valence-corrected chi connectivity index (χ0v) is 18.5. The normalized spacial score (nSPS) is 11.6. The summed E-state index contributed by atoms with van der Waals surface area (Å²) in [7, 11) is 3.43. The van der Waals surface area contributed by atoms with Gasteiger partial charge in [-0.3, -0.25) is 10.1 Å². The molecule has 0 aliphatic carbocycles. The minimum atomic E-state index is -0.530.